The predicted molar refractivity (Wildman–Crippen MR) is 67.3 cm³/mol. The van der Waals surface area contributed by atoms with Gasteiger partial charge in [-0.3, -0.25) is 0 Å². The highest BCUT2D eigenvalue weighted by molar-refractivity contribution is 5.23. The molecule has 0 spiro atoms. The van der Waals surface area contributed by atoms with Crippen LogP contribution in [0.5, 0.6) is 0 Å². The zero-order valence-corrected chi connectivity index (χ0v) is 10.1. The molecule has 0 aliphatic rings. The summed E-state index contributed by atoms with van der Waals surface area (Å²) in [7, 11) is 0. The maximum Gasteiger partial charge on any atom is -0.00458 e. The van der Waals surface area contributed by atoms with Gasteiger partial charge in [0.2, 0.25) is 0 Å². The molecule has 0 saturated carbocycles. The molecular formula is C14H23N. The highest BCUT2D eigenvalue weighted by Gasteiger charge is 1.94. The third kappa shape index (κ3) is 4.98. The van der Waals surface area contributed by atoms with E-state index in [1.807, 2.05) is 0 Å². The summed E-state index contributed by atoms with van der Waals surface area (Å²) in [4.78, 5) is 0. The lowest BCUT2D eigenvalue weighted by Crippen LogP contribution is -2.16. The first kappa shape index (κ1) is 12.3. The summed E-state index contributed by atoms with van der Waals surface area (Å²) in [5.41, 5.74) is 2.93. The Bertz CT molecular complexity index is 268. The van der Waals surface area contributed by atoms with Crippen molar-refractivity contribution in [1.82, 2.24) is 5.32 Å². The van der Waals surface area contributed by atoms with E-state index in [1.54, 1.807) is 0 Å². The van der Waals surface area contributed by atoms with Crippen LogP contribution < -0.4 is 5.32 Å². The largest absolute Gasteiger partial charge is 0.317 e. The lowest BCUT2D eigenvalue weighted by atomic mass is 10.1. The van der Waals surface area contributed by atoms with Crippen molar-refractivity contribution < 1.29 is 0 Å². The van der Waals surface area contributed by atoms with E-state index in [0.717, 1.165) is 19.5 Å². The fourth-order valence-corrected chi connectivity index (χ4v) is 1.72. The standard InChI is InChI=1S/C14H23N/c1-3-10-15-11-6-9-14-8-5-7-13(4-2)12-14/h5,7-8,12,15H,3-4,6,9-11H2,1-2H3. The average molecular weight is 205 g/mol. The molecule has 0 fully saturated rings. The van der Waals surface area contributed by atoms with E-state index < -0.39 is 0 Å². The van der Waals surface area contributed by atoms with Crippen LogP contribution in [0, 0.1) is 0 Å². The second kappa shape index (κ2) is 7.47. The normalized spacial score (nSPS) is 10.5. The van der Waals surface area contributed by atoms with Crippen molar-refractivity contribution in [2.45, 2.75) is 39.5 Å². The Morgan fingerprint density at radius 3 is 2.60 bits per heavy atom. The van der Waals surface area contributed by atoms with Gasteiger partial charge in [0.1, 0.15) is 0 Å². The Morgan fingerprint density at radius 2 is 1.87 bits per heavy atom. The molecule has 1 N–H and O–H groups in total. The van der Waals surface area contributed by atoms with Crippen molar-refractivity contribution in [2.24, 2.45) is 0 Å². The molecule has 15 heavy (non-hydrogen) atoms. The van der Waals surface area contributed by atoms with E-state index in [9.17, 15) is 0 Å². The van der Waals surface area contributed by atoms with Gasteiger partial charge in [-0.25, -0.2) is 0 Å². The Kier molecular flexibility index (Phi) is 6.10. The molecular weight excluding hydrogens is 182 g/mol. The molecule has 0 radical (unpaired) electrons. The topological polar surface area (TPSA) is 12.0 Å². The molecule has 1 aromatic carbocycles. The average Bonchev–Trinajstić information content (AvgIpc) is 2.29. The molecule has 84 valence electrons. The molecule has 0 bridgehead atoms. The van der Waals surface area contributed by atoms with Gasteiger partial charge in [-0.2, -0.15) is 0 Å². The fourth-order valence-electron chi connectivity index (χ4n) is 1.72. The third-order valence-corrected chi connectivity index (χ3v) is 2.65. The lowest BCUT2D eigenvalue weighted by molar-refractivity contribution is 0.640. The van der Waals surface area contributed by atoms with E-state index in [2.05, 4.69) is 43.4 Å². The van der Waals surface area contributed by atoms with E-state index in [0.29, 0.717) is 0 Å². The van der Waals surface area contributed by atoms with Gasteiger partial charge >= 0.3 is 0 Å². The van der Waals surface area contributed by atoms with E-state index in [1.165, 1.54) is 30.4 Å². The lowest BCUT2D eigenvalue weighted by Gasteiger charge is -2.04. The molecule has 0 aliphatic carbocycles. The summed E-state index contributed by atoms with van der Waals surface area (Å²) >= 11 is 0. The molecule has 0 heterocycles. The number of aryl methyl sites for hydroxylation is 2. The number of benzene rings is 1. The SMILES string of the molecule is CCCNCCCc1cccc(CC)c1. The minimum Gasteiger partial charge on any atom is -0.317 e. The second-order valence-corrected chi connectivity index (χ2v) is 4.03. The molecule has 0 saturated heterocycles. The van der Waals surface area contributed by atoms with Crippen LogP contribution in [0.4, 0.5) is 0 Å². The van der Waals surface area contributed by atoms with Gasteiger partial charge < -0.3 is 5.32 Å². The Morgan fingerprint density at radius 1 is 1.07 bits per heavy atom. The summed E-state index contributed by atoms with van der Waals surface area (Å²) in [5, 5.41) is 3.43. The van der Waals surface area contributed by atoms with Crippen molar-refractivity contribution in [2.75, 3.05) is 13.1 Å². The molecule has 0 aliphatic heterocycles. The van der Waals surface area contributed by atoms with Gasteiger partial charge in [0.25, 0.3) is 0 Å². The van der Waals surface area contributed by atoms with Crippen molar-refractivity contribution in [3.8, 4) is 0 Å². The van der Waals surface area contributed by atoms with Crippen LogP contribution >= 0.6 is 0 Å². The molecule has 1 heteroatoms. The van der Waals surface area contributed by atoms with Crippen LogP contribution in [-0.4, -0.2) is 13.1 Å². The van der Waals surface area contributed by atoms with Crippen LogP contribution in [0.2, 0.25) is 0 Å². The Hall–Kier alpha value is -0.820. The highest BCUT2D eigenvalue weighted by atomic mass is 14.8. The number of nitrogens with one attached hydrogen (secondary N) is 1. The first-order chi connectivity index (χ1) is 7.36. The molecule has 0 amide bonds. The van der Waals surface area contributed by atoms with E-state index >= 15 is 0 Å². The minimum atomic E-state index is 1.14. The van der Waals surface area contributed by atoms with Crippen LogP contribution in [0.3, 0.4) is 0 Å². The summed E-state index contributed by atoms with van der Waals surface area (Å²) < 4.78 is 0. The third-order valence-electron chi connectivity index (χ3n) is 2.65. The fraction of sp³-hybridized carbons (Fsp3) is 0.571. The van der Waals surface area contributed by atoms with E-state index in [-0.39, 0.29) is 0 Å². The zero-order chi connectivity index (χ0) is 10.9. The molecule has 0 aromatic heterocycles. The van der Waals surface area contributed by atoms with Crippen LogP contribution in [0.25, 0.3) is 0 Å². The van der Waals surface area contributed by atoms with Gasteiger partial charge in [0.05, 0.1) is 0 Å². The Balaban J connectivity index is 2.24. The maximum atomic E-state index is 3.43. The van der Waals surface area contributed by atoms with Gasteiger partial charge in [-0.05, 0) is 49.9 Å². The Labute approximate surface area is 93.9 Å². The maximum absolute atomic E-state index is 3.43. The van der Waals surface area contributed by atoms with Crippen molar-refractivity contribution in [3.63, 3.8) is 0 Å². The van der Waals surface area contributed by atoms with Crippen molar-refractivity contribution in [1.29, 1.82) is 0 Å². The predicted octanol–water partition coefficient (Wildman–Crippen LogP) is 3.18. The summed E-state index contributed by atoms with van der Waals surface area (Å²) in [6, 6.07) is 8.95. The molecule has 1 rings (SSSR count). The molecule has 0 atom stereocenters. The molecule has 1 nitrogen and oxygen atoms in total. The number of rotatable bonds is 7. The zero-order valence-electron chi connectivity index (χ0n) is 10.1. The monoisotopic (exact) mass is 205 g/mol. The van der Waals surface area contributed by atoms with Crippen molar-refractivity contribution >= 4 is 0 Å². The quantitative estimate of drug-likeness (QED) is 0.674. The molecule has 1 aromatic rings. The number of hydrogen-bond acceptors (Lipinski definition) is 1. The molecule has 0 unspecified atom stereocenters. The smallest absolute Gasteiger partial charge is 0.00458 e. The van der Waals surface area contributed by atoms with Gasteiger partial charge in [-0.1, -0.05) is 38.1 Å². The van der Waals surface area contributed by atoms with Crippen LogP contribution in [0.15, 0.2) is 24.3 Å². The van der Waals surface area contributed by atoms with Crippen molar-refractivity contribution in [3.05, 3.63) is 35.4 Å². The first-order valence-electron chi connectivity index (χ1n) is 6.15. The minimum absolute atomic E-state index is 1.14. The van der Waals surface area contributed by atoms with E-state index in [4.69, 9.17) is 0 Å². The van der Waals surface area contributed by atoms with Crippen LogP contribution in [-0.2, 0) is 12.8 Å². The first-order valence-corrected chi connectivity index (χ1v) is 6.15. The van der Waals surface area contributed by atoms with Gasteiger partial charge in [0, 0.05) is 0 Å². The summed E-state index contributed by atoms with van der Waals surface area (Å²) in [6.45, 7) is 6.71. The van der Waals surface area contributed by atoms with Gasteiger partial charge in [-0.15, -0.1) is 0 Å². The summed E-state index contributed by atoms with van der Waals surface area (Å²) in [5.74, 6) is 0. The second-order valence-electron chi connectivity index (χ2n) is 4.03. The summed E-state index contributed by atoms with van der Waals surface area (Å²) in [6.07, 6.45) is 4.81. The van der Waals surface area contributed by atoms with Crippen LogP contribution in [0.1, 0.15) is 37.8 Å². The number of hydrogen-bond donors (Lipinski definition) is 1. The van der Waals surface area contributed by atoms with Gasteiger partial charge in [0.15, 0.2) is 0 Å². The highest BCUT2D eigenvalue weighted by Crippen LogP contribution is 2.07.